The van der Waals surface area contributed by atoms with E-state index < -0.39 is 0 Å². The Kier molecular flexibility index (Phi) is 4.41. The summed E-state index contributed by atoms with van der Waals surface area (Å²) in [6.45, 7) is 1.99. The van der Waals surface area contributed by atoms with Crippen molar-refractivity contribution in [2.75, 3.05) is 13.1 Å². The molecule has 4 rings (SSSR count). The van der Waals surface area contributed by atoms with Crippen molar-refractivity contribution in [3.05, 3.63) is 77.6 Å². The molecule has 0 aliphatic carbocycles. The molecule has 0 amide bonds. The monoisotopic (exact) mass is 335 g/mol. The summed E-state index contributed by atoms with van der Waals surface area (Å²) in [5, 5.41) is 12.9. The summed E-state index contributed by atoms with van der Waals surface area (Å²) in [6.07, 6.45) is 3.56. The zero-order chi connectivity index (χ0) is 17.2. The zero-order valence-electron chi connectivity index (χ0n) is 14.2. The summed E-state index contributed by atoms with van der Waals surface area (Å²) in [5.74, 6) is 0.0990. The van der Waals surface area contributed by atoms with Crippen LogP contribution in [0.5, 0.6) is 5.75 Å². The van der Waals surface area contributed by atoms with Gasteiger partial charge in [-0.3, -0.25) is 4.90 Å². The average molecular weight is 335 g/mol. The molecule has 1 aliphatic rings. The Morgan fingerprint density at radius 3 is 2.32 bits per heavy atom. The molecule has 0 saturated carbocycles. The maximum absolute atomic E-state index is 13.4. The highest BCUT2D eigenvalue weighted by molar-refractivity contribution is 5.89. The molecule has 0 radical (unpaired) electrons. The number of phenols is 1. The highest BCUT2D eigenvalue weighted by Crippen LogP contribution is 2.39. The smallest absolute Gasteiger partial charge is 0.128 e. The fourth-order valence-corrected chi connectivity index (χ4v) is 3.90. The normalized spacial score (nSPS) is 16.8. The van der Waals surface area contributed by atoms with Crippen LogP contribution < -0.4 is 0 Å². The third-order valence-corrected chi connectivity index (χ3v) is 5.17. The lowest BCUT2D eigenvalue weighted by molar-refractivity contribution is 0.185. The molecule has 1 fully saturated rings. The molecule has 1 aliphatic heterocycles. The van der Waals surface area contributed by atoms with Crippen LogP contribution in [0.2, 0.25) is 0 Å². The Labute approximate surface area is 147 Å². The fourth-order valence-electron chi connectivity index (χ4n) is 3.90. The molecule has 128 valence electrons. The predicted octanol–water partition coefficient (Wildman–Crippen LogP) is 5.26. The summed E-state index contributed by atoms with van der Waals surface area (Å²) in [7, 11) is 0. The lowest BCUT2D eigenvalue weighted by Crippen LogP contribution is -2.34. The molecule has 1 atom stereocenters. The van der Waals surface area contributed by atoms with Crippen LogP contribution in [0.25, 0.3) is 10.8 Å². The highest BCUT2D eigenvalue weighted by atomic mass is 19.1. The van der Waals surface area contributed by atoms with E-state index in [1.807, 2.05) is 42.5 Å². The Morgan fingerprint density at radius 1 is 0.840 bits per heavy atom. The number of hydrogen-bond acceptors (Lipinski definition) is 2. The number of hydrogen-bond donors (Lipinski definition) is 1. The number of nitrogens with zero attached hydrogens (tertiary/aromatic N) is 1. The van der Waals surface area contributed by atoms with E-state index in [1.54, 1.807) is 0 Å². The van der Waals surface area contributed by atoms with Crippen LogP contribution in [0.1, 0.15) is 36.4 Å². The van der Waals surface area contributed by atoms with Gasteiger partial charge in [0.2, 0.25) is 0 Å². The molecule has 3 heteroatoms. The third-order valence-electron chi connectivity index (χ3n) is 5.17. The lowest BCUT2D eigenvalue weighted by Gasteiger charge is -2.35. The van der Waals surface area contributed by atoms with Gasteiger partial charge in [-0.05, 0) is 49.0 Å². The van der Waals surface area contributed by atoms with Crippen LogP contribution in [-0.4, -0.2) is 23.1 Å². The molecule has 25 heavy (non-hydrogen) atoms. The van der Waals surface area contributed by atoms with Gasteiger partial charge >= 0.3 is 0 Å². The average Bonchev–Trinajstić information content (AvgIpc) is 2.66. The number of piperidine rings is 1. The van der Waals surface area contributed by atoms with Crippen molar-refractivity contribution >= 4 is 10.8 Å². The summed E-state index contributed by atoms with van der Waals surface area (Å²) >= 11 is 0. The maximum Gasteiger partial charge on any atom is 0.128 e. The van der Waals surface area contributed by atoms with E-state index in [9.17, 15) is 9.50 Å². The van der Waals surface area contributed by atoms with Crippen molar-refractivity contribution in [1.29, 1.82) is 0 Å². The van der Waals surface area contributed by atoms with Crippen molar-refractivity contribution in [2.45, 2.75) is 25.3 Å². The van der Waals surface area contributed by atoms with E-state index in [0.29, 0.717) is 5.75 Å². The molecule has 2 nitrogen and oxygen atoms in total. The lowest BCUT2D eigenvalue weighted by atomic mass is 9.92. The summed E-state index contributed by atoms with van der Waals surface area (Å²) in [6, 6.07) is 18.6. The van der Waals surface area contributed by atoms with Gasteiger partial charge in [0.1, 0.15) is 11.6 Å². The van der Waals surface area contributed by atoms with E-state index in [0.717, 1.165) is 47.8 Å². The first-order valence-corrected chi connectivity index (χ1v) is 8.94. The molecule has 1 heterocycles. The maximum atomic E-state index is 13.4. The van der Waals surface area contributed by atoms with Gasteiger partial charge in [0.05, 0.1) is 6.04 Å². The molecule has 3 aromatic rings. The number of benzene rings is 3. The first-order valence-electron chi connectivity index (χ1n) is 8.94. The Hall–Kier alpha value is -2.39. The van der Waals surface area contributed by atoms with E-state index in [1.165, 1.54) is 18.6 Å². The van der Waals surface area contributed by atoms with Crippen LogP contribution in [-0.2, 0) is 0 Å². The predicted molar refractivity (Wildman–Crippen MR) is 99.3 cm³/mol. The van der Waals surface area contributed by atoms with Crippen LogP contribution in [0.3, 0.4) is 0 Å². The van der Waals surface area contributed by atoms with E-state index in [2.05, 4.69) is 11.0 Å². The second kappa shape index (κ2) is 6.85. The van der Waals surface area contributed by atoms with Gasteiger partial charge in [-0.15, -0.1) is 0 Å². The quantitative estimate of drug-likeness (QED) is 0.706. The molecular weight excluding hydrogens is 313 g/mol. The third kappa shape index (κ3) is 3.12. The van der Waals surface area contributed by atoms with Crippen molar-refractivity contribution in [3.8, 4) is 5.75 Å². The van der Waals surface area contributed by atoms with E-state index in [-0.39, 0.29) is 11.9 Å². The Balaban J connectivity index is 1.85. The van der Waals surface area contributed by atoms with E-state index in [4.69, 9.17) is 0 Å². The molecular formula is C22H22FNO. The fraction of sp³-hybridized carbons (Fsp3) is 0.273. The second-order valence-corrected chi connectivity index (χ2v) is 6.78. The number of halogens is 1. The van der Waals surface area contributed by atoms with Crippen molar-refractivity contribution in [3.63, 3.8) is 0 Å². The largest absolute Gasteiger partial charge is 0.507 e. The van der Waals surface area contributed by atoms with Crippen LogP contribution in [0.4, 0.5) is 4.39 Å². The molecule has 1 unspecified atom stereocenters. The second-order valence-electron chi connectivity index (χ2n) is 6.78. The van der Waals surface area contributed by atoms with Crippen LogP contribution in [0, 0.1) is 5.82 Å². The SMILES string of the molecule is Oc1c(C(c2ccc(F)cc2)N2CCCCC2)ccc2ccccc12. The number of rotatable bonds is 3. The van der Waals surface area contributed by atoms with Gasteiger partial charge in [0.25, 0.3) is 0 Å². The van der Waals surface area contributed by atoms with Gasteiger partial charge in [-0.25, -0.2) is 4.39 Å². The molecule has 1 N–H and O–H groups in total. The number of aromatic hydroxyl groups is 1. The van der Waals surface area contributed by atoms with Crippen molar-refractivity contribution in [2.24, 2.45) is 0 Å². The summed E-state index contributed by atoms with van der Waals surface area (Å²) in [4.78, 5) is 2.40. The van der Waals surface area contributed by atoms with E-state index >= 15 is 0 Å². The van der Waals surface area contributed by atoms with Crippen molar-refractivity contribution < 1.29 is 9.50 Å². The van der Waals surface area contributed by atoms with Gasteiger partial charge in [0, 0.05) is 10.9 Å². The molecule has 0 bridgehead atoms. The minimum absolute atomic E-state index is 0.0505. The van der Waals surface area contributed by atoms with Gasteiger partial charge in [0.15, 0.2) is 0 Å². The molecule has 0 spiro atoms. The summed E-state index contributed by atoms with van der Waals surface area (Å²) in [5.41, 5.74) is 1.92. The zero-order valence-corrected chi connectivity index (χ0v) is 14.2. The van der Waals surface area contributed by atoms with Gasteiger partial charge < -0.3 is 5.11 Å². The molecule has 1 saturated heterocycles. The first-order chi connectivity index (χ1) is 12.2. The van der Waals surface area contributed by atoms with Gasteiger partial charge in [-0.1, -0.05) is 55.0 Å². The van der Waals surface area contributed by atoms with Crippen molar-refractivity contribution in [1.82, 2.24) is 4.90 Å². The van der Waals surface area contributed by atoms with Crippen LogP contribution in [0.15, 0.2) is 60.7 Å². The van der Waals surface area contributed by atoms with Crippen LogP contribution >= 0.6 is 0 Å². The minimum Gasteiger partial charge on any atom is -0.507 e. The first kappa shape index (κ1) is 16.1. The number of likely N-dealkylation sites (tertiary alicyclic amines) is 1. The Morgan fingerprint density at radius 2 is 1.56 bits per heavy atom. The Bertz CT molecular complexity index is 869. The molecule has 0 aromatic heterocycles. The summed E-state index contributed by atoms with van der Waals surface area (Å²) < 4.78 is 13.4. The highest BCUT2D eigenvalue weighted by Gasteiger charge is 2.26. The molecule has 3 aromatic carbocycles. The minimum atomic E-state index is -0.233. The topological polar surface area (TPSA) is 23.5 Å². The standard InChI is InChI=1S/C22H22FNO/c23-18-11-8-17(9-12-18)21(24-14-4-1-5-15-24)20-13-10-16-6-2-3-7-19(16)22(20)25/h2-3,6-13,21,25H,1,4-5,14-15H2. The van der Waals surface area contributed by atoms with Gasteiger partial charge in [-0.2, -0.15) is 0 Å². The number of fused-ring (bicyclic) bond motifs is 1. The number of phenolic OH excluding ortho intramolecular Hbond substituents is 1.